The van der Waals surface area contributed by atoms with E-state index in [-0.39, 0.29) is 24.0 Å². The summed E-state index contributed by atoms with van der Waals surface area (Å²) >= 11 is 8.69. The largest absolute Gasteiger partial charge is 0.469 e. The van der Waals surface area contributed by atoms with Gasteiger partial charge in [0.15, 0.2) is 0 Å². The maximum atomic E-state index is 12.9. The van der Waals surface area contributed by atoms with Crippen LogP contribution in [0.4, 0.5) is 0 Å². The van der Waals surface area contributed by atoms with Crippen molar-refractivity contribution in [2.75, 3.05) is 14.2 Å². The van der Waals surface area contributed by atoms with Gasteiger partial charge >= 0.3 is 11.9 Å². The molecule has 55 heavy (non-hydrogen) atoms. The van der Waals surface area contributed by atoms with Gasteiger partial charge in [0.05, 0.1) is 44.3 Å². The highest BCUT2D eigenvalue weighted by Gasteiger charge is 2.50. The zero-order valence-electron chi connectivity index (χ0n) is 32.7. The molecule has 0 saturated carbocycles. The van der Waals surface area contributed by atoms with Crippen molar-refractivity contribution in [3.63, 3.8) is 0 Å². The zero-order valence-corrected chi connectivity index (χ0v) is 35.3. The third-order valence-corrected chi connectivity index (χ3v) is 16.5. The van der Waals surface area contributed by atoms with Gasteiger partial charge in [0.25, 0.3) is 8.32 Å². The molecule has 0 aliphatic rings. The zero-order chi connectivity index (χ0) is 39.5. The maximum absolute atomic E-state index is 12.9. The minimum Gasteiger partial charge on any atom is -0.469 e. The van der Waals surface area contributed by atoms with E-state index in [0.717, 1.165) is 44.8 Å². The van der Waals surface area contributed by atoms with Gasteiger partial charge in [-0.3, -0.25) is 14.2 Å². The molecule has 0 aliphatic carbocycles. The second kappa shape index (κ2) is 16.6. The van der Waals surface area contributed by atoms with Crippen molar-refractivity contribution < 1.29 is 23.5 Å². The van der Waals surface area contributed by atoms with Crippen LogP contribution in [0.3, 0.4) is 0 Å². The van der Waals surface area contributed by atoms with E-state index in [0.29, 0.717) is 28.8 Å². The molecule has 0 unspecified atom stereocenters. The van der Waals surface area contributed by atoms with Crippen LogP contribution >= 0.6 is 23.4 Å². The van der Waals surface area contributed by atoms with Crippen LogP contribution in [-0.2, 0) is 57.4 Å². The summed E-state index contributed by atoms with van der Waals surface area (Å²) in [6.45, 7) is 9.53. The lowest BCUT2D eigenvalue weighted by Gasteiger charge is -2.43. The highest BCUT2D eigenvalue weighted by atomic mass is 35.5. The number of esters is 2. The molecule has 0 spiro atoms. The second-order valence-electron chi connectivity index (χ2n) is 14.6. The van der Waals surface area contributed by atoms with E-state index in [4.69, 9.17) is 35.7 Å². The number of aryl methyl sites for hydroxylation is 3. The molecule has 6 aromatic rings. The molecule has 3 heterocycles. The molecule has 10 nitrogen and oxygen atoms in total. The molecular weight excluding hydrogens is 750 g/mol. The fourth-order valence-corrected chi connectivity index (χ4v) is 13.1. The highest BCUT2D eigenvalue weighted by molar-refractivity contribution is 7.97. The van der Waals surface area contributed by atoms with Gasteiger partial charge in [-0.25, -0.2) is 4.79 Å². The maximum Gasteiger partial charge on any atom is 0.354 e. The Labute approximate surface area is 332 Å². The Kier molecular flexibility index (Phi) is 12.1. The second-order valence-corrected chi connectivity index (χ2v) is 20.3. The Hall–Kier alpha value is -4.62. The number of halogens is 1. The molecule has 0 bridgehead atoms. The summed E-state index contributed by atoms with van der Waals surface area (Å²) in [7, 11) is 3.86. The van der Waals surface area contributed by atoms with Gasteiger partial charge in [-0.05, 0) is 46.6 Å². The number of hydrogen-bond acceptors (Lipinski definition) is 8. The van der Waals surface area contributed by atoms with E-state index in [1.165, 1.54) is 24.6 Å². The first-order valence-electron chi connectivity index (χ1n) is 18.1. The molecule has 0 atom stereocenters. The monoisotopic (exact) mass is 797 g/mol. The van der Waals surface area contributed by atoms with Crippen LogP contribution < -0.4 is 10.4 Å². The number of hydrogen-bond donors (Lipinski definition) is 0. The number of ether oxygens (including phenoxy) is 2. The van der Waals surface area contributed by atoms with Gasteiger partial charge in [-0.2, -0.15) is 10.2 Å². The van der Waals surface area contributed by atoms with E-state index in [9.17, 15) is 9.59 Å². The number of carbonyl (C=O) groups is 2. The van der Waals surface area contributed by atoms with Gasteiger partial charge < -0.3 is 18.5 Å². The number of methoxy groups -OCH3 is 2. The lowest BCUT2D eigenvalue weighted by Crippen LogP contribution is -2.66. The number of thioether (sulfide) groups is 1. The molecule has 13 heteroatoms. The standard InChI is InChI=1S/C42H48ClN5O5SSi/c1-28-39(40-33-24-37(41(50)52-8)48(22-21-38(49)51-7)36(33)20-19-34(40)43)35(45-46(28)5)27-54-26-29-23-30(47(6)44-29)25-53-55(42(2,3)4,31-15-11-9-12-16-31)32-17-13-10-14-18-32/h9-20,23-24H,21-22,25-27H2,1-8H3. The molecule has 0 radical (unpaired) electrons. The van der Waals surface area contributed by atoms with Crippen molar-refractivity contribution in [2.24, 2.45) is 14.1 Å². The highest BCUT2D eigenvalue weighted by Crippen LogP contribution is 2.42. The van der Waals surface area contributed by atoms with E-state index < -0.39 is 14.3 Å². The third-order valence-electron chi connectivity index (χ3n) is 10.2. The van der Waals surface area contributed by atoms with E-state index in [1.807, 2.05) is 42.5 Å². The van der Waals surface area contributed by atoms with Gasteiger partial charge in [-0.15, -0.1) is 11.8 Å². The lowest BCUT2D eigenvalue weighted by atomic mass is 9.99. The van der Waals surface area contributed by atoms with Crippen LogP contribution in [0.15, 0.2) is 84.9 Å². The summed E-state index contributed by atoms with van der Waals surface area (Å²) in [5.74, 6) is 0.381. The quantitative estimate of drug-likeness (QED) is 0.0821. The van der Waals surface area contributed by atoms with E-state index in [1.54, 1.807) is 22.4 Å². The molecule has 3 aromatic heterocycles. The molecule has 6 rings (SSSR count). The summed E-state index contributed by atoms with van der Waals surface area (Å²) in [5.41, 5.74) is 6.54. The fourth-order valence-electron chi connectivity index (χ4n) is 7.46. The Balaban J connectivity index is 1.26. The number of aromatic nitrogens is 5. The SMILES string of the molecule is COC(=O)CCn1c(C(=O)OC)cc2c(-c3c(CSCc4cc(CO[Si](c5ccccc5)(c5ccccc5)C(C)(C)C)n(C)n4)nn(C)c3C)c(Cl)ccc21. The number of fused-ring (bicyclic) bond motifs is 1. The first-order chi connectivity index (χ1) is 26.3. The van der Waals surface area contributed by atoms with Gasteiger partial charge in [0, 0.05) is 64.9 Å². The van der Waals surface area contributed by atoms with E-state index >= 15 is 0 Å². The van der Waals surface area contributed by atoms with Crippen LogP contribution in [0.5, 0.6) is 0 Å². The van der Waals surface area contributed by atoms with Gasteiger partial charge in [0.1, 0.15) is 5.69 Å². The van der Waals surface area contributed by atoms with Gasteiger partial charge in [-0.1, -0.05) is 93.0 Å². The first kappa shape index (κ1) is 40.1. The molecule has 0 amide bonds. The predicted octanol–water partition coefficient (Wildman–Crippen LogP) is 7.60. The molecule has 0 saturated heterocycles. The Morgan fingerprint density at radius 2 is 1.49 bits per heavy atom. The Morgan fingerprint density at radius 1 is 0.836 bits per heavy atom. The Morgan fingerprint density at radius 3 is 2.09 bits per heavy atom. The molecule has 3 aromatic carbocycles. The third kappa shape index (κ3) is 7.91. The predicted molar refractivity (Wildman–Crippen MR) is 222 cm³/mol. The number of rotatable bonds is 14. The fraction of sp³-hybridized carbons (Fsp3) is 0.333. The van der Waals surface area contributed by atoms with Crippen LogP contribution in [0.1, 0.15) is 60.5 Å². The summed E-state index contributed by atoms with van der Waals surface area (Å²) in [5, 5.41) is 13.5. The first-order valence-corrected chi connectivity index (χ1v) is 21.6. The van der Waals surface area contributed by atoms with Crippen molar-refractivity contribution in [2.45, 2.75) is 63.8 Å². The van der Waals surface area contributed by atoms with Crippen molar-refractivity contribution >= 4 is 64.9 Å². The summed E-state index contributed by atoms with van der Waals surface area (Å²) in [6, 6.07) is 28.9. The van der Waals surface area contributed by atoms with Crippen LogP contribution in [0.25, 0.3) is 22.0 Å². The topological polar surface area (TPSA) is 102 Å². The van der Waals surface area contributed by atoms with Crippen molar-refractivity contribution in [1.29, 1.82) is 0 Å². The summed E-state index contributed by atoms with van der Waals surface area (Å²) < 4.78 is 22.8. The molecule has 0 N–H and O–H groups in total. The van der Waals surface area contributed by atoms with Crippen LogP contribution in [-0.4, -0.2) is 58.6 Å². The van der Waals surface area contributed by atoms with Gasteiger partial charge in [0.2, 0.25) is 0 Å². The number of carbonyl (C=O) groups excluding carboxylic acids is 2. The normalized spacial score (nSPS) is 12.0. The Bertz CT molecular complexity index is 2270. The molecule has 0 fully saturated rings. The minimum atomic E-state index is -2.72. The van der Waals surface area contributed by atoms with Crippen molar-refractivity contribution in [1.82, 2.24) is 24.1 Å². The smallest absolute Gasteiger partial charge is 0.354 e. The van der Waals surface area contributed by atoms with Crippen LogP contribution in [0, 0.1) is 6.92 Å². The molecule has 288 valence electrons. The van der Waals surface area contributed by atoms with Crippen molar-refractivity contribution in [3.05, 3.63) is 118 Å². The summed E-state index contributed by atoms with van der Waals surface area (Å²) in [4.78, 5) is 25.0. The molecule has 0 aliphatic heterocycles. The average molecular weight is 798 g/mol. The number of nitrogens with zero attached hydrogens (tertiary/aromatic N) is 5. The summed E-state index contributed by atoms with van der Waals surface area (Å²) in [6.07, 6.45) is 0.0941. The minimum absolute atomic E-state index is 0.0941. The lowest BCUT2D eigenvalue weighted by molar-refractivity contribution is -0.140. The van der Waals surface area contributed by atoms with Crippen molar-refractivity contribution in [3.8, 4) is 11.1 Å². The molecular formula is C42H48ClN5O5SSi. The average Bonchev–Trinajstić information content (AvgIpc) is 3.82. The number of benzene rings is 3. The van der Waals surface area contributed by atoms with Crippen LogP contribution in [0.2, 0.25) is 10.1 Å². The van der Waals surface area contributed by atoms with E-state index in [2.05, 4.69) is 87.5 Å².